The molecule has 1 aromatic rings. The zero-order valence-corrected chi connectivity index (χ0v) is 11.5. The number of ether oxygens (including phenoxy) is 1. The molecule has 20 heavy (non-hydrogen) atoms. The van der Waals surface area contributed by atoms with Crippen LogP contribution in [0.2, 0.25) is 0 Å². The van der Waals surface area contributed by atoms with Crippen LogP contribution < -0.4 is 15.8 Å². The van der Waals surface area contributed by atoms with E-state index in [1.165, 1.54) is 0 Å². The number of hydrogen-bond acceptors (Lipinski definition) is 4. The van der Waals surface area contributed by atoms with Crippen molar-refractivity contribution >= 4 is 5.91 Å². The number of nitrogens with one attached hydrogen (secondary N) is 1. The van der Waals surface area contributed by atoms with Crippen LogP contribution in [0.5, 0.6) is 5.75 Å². The second-order valence-corrected chi connectivity index (χ2v) is 5.35. The van der Waals surface area contributed by atoms with Crippen LogP contribution in [0, 0.1) is 0 Å². The van der Waals surface area contributed by atoms with Crippen molar-refractivity contribution in [3.05, 3.63) is 29.8 Å². The first-order valence-corrected chi connectivity index (χ1v) is 7.24. The van der Waals surface area contributed by atoms with Gasteiger partial charge in [-0.2, -0.15) is 0 Å². The average molecular weight is 275 g/mol. The van der Waals surface area contributed by atoms with Gasteiger partial charge in [0.2, 0.25) is 5.91 Å². The quantitative estimate of drug-likeness (QED) is 0.815. The lowest BCUT2D eigenvalue weighted by atomic mass is 9.91. The molecule has 1 amide bonds. The Hall–Kier alpha value is -1.59. The number of piperazine rings is 1. The molecule has 2 aliphatic rings. The van der Waals surface area contributed by atoms with Crippen LogP contribution >= 0.6 is 0 Å². The zero-order valence-electron chi connectivity index (χ0n) is 11.5. The maximum atomic E-state index is 12.9. The standard InChI is InChI=1S/C15H21N3O2/c16-9-11-10-17-6-7-18(11)15(19)13-5-8-20-14-4-2-1-3-12(13)14/h1-4,11,13,17H,5-10,16H2. The molecule has 0 bridgehead atoms. The predicted octanol–water partition coefficient (Wildman–Crippen LogP) is 0.312. The second kappa shape index (κ2) is 5.81. The van der Waals surface area contributed by atoms with E-state index in [0.29, 0.717) is 13.2 Å². The van der Waals surface area contributed by atoms with Crippen LogP contribution in [-0.2, 0) is 4.79 Å². The fourth-order valence-electron chi connectivity index (χ4n) is 3.06. The first-order chi connectivity index (χ1) is 9.81. The summed E-state index contributed by atoms with van der Waals surface area (Å²) in [6.07, 6.45) is 0.747. The van der Waals surface area contributed by atoms with E-state index >= 15 is 0 Å². The highest BCUT2D eigenvalue weighted by atomic mass is 16.5. The molecule has 0 aliphatic carbocycles. The SMILES string of the molecule is NCC1CNCCN1C(=O)C1CCOc2ccccc21. The van der Waals surface area contributed by atoms with Gasteiger partial charge in [-0.25, -0.2) is 0 Å². The minimum atomic E-state index is -0.0906. The zero-order chi connectivity index (χ0) is 13.9. The van der Waals surface area contributed by atoms with Gasteiger partial charge in [0.15, 0.2) is 0 Å². The summed E-state index contributed by atoms with van der Waals surface area (Å²) < 4.78 is 5.64. The van der Waals surface area contributed by atoms with Crippen LogP contribution in [0.25, 0.3) is 0 Å². The molecule has 5 heteroatoms. The smallest absolute Gasteiger partial charge is 0.230 e. The highest BCUT2D eigenvalue weighted by Crippen LogP contribution is 2.34. The van der Waals surface area contributed by atoms with Crippen molar-refractivity contribution in [2.24, 2.45) is 5.73 Å². The maximum absolute atomic E-state index is 12.9. The fourth-order valence-corrected chi connectivity index (χ4v) is 3.06. The van der Waals surface area contributed by atoms with Gasteiger partial charge < -0.3 is 20.7 Å². The number of fused-ring (bicyclic) bond motifs is 1. The molecule has 2 aliphatic heterocycles. The molecule has 1 saturated heterocycles. The molecule has 108 valence electrons. The second-order valence-electron chi connectivity index (χ2n) is 5.35. The van der Waals surface area contributed by atoms with Gasteiger partial charge >= 0.3 is 0 Å². The summed E-state index contributed by atoms with van der Waals surface area (Å²) in [5.41, 5.74) is 6.81. The van der Waals surface area contributed by atoms with Gasteiger partial charge in [-0.1, -0.05) is 18.2 Å². The van der Waals surface area contributed by atoms with Crippen LogP contribution in [-0.4, -0.2) is 49.6 Å². The summed E-state index contributed by atoms with van der Waals surface area (Å²) in [6.45, 7) is 3.47. The third-order valence-electron chi connectivity index (χ3n) is 4.16. The van der Waals surface area contributed by atoms with Gasteiger partial charge in [-0.3, -0.25) is 4.79 Å². The Morgan fingerprint density at radius 3 is 3.15 bits per heavy atom. The summed E-state index contributed by atoms with van der Waals surface area (Å²) in [5, 5.41) is 3.29. The van der Waals surface area contributed by atoms with E-state index in [2.05, 4.69) is 5.32 Å². The Morgan fingerprint density at radius 2 is 2.30 bits per heavy atom. The fraction of sp³-hybridized carbons (Fsp3) is 0.533. The molecule has 0 radical (unpaired) electrons. The van der Waals surface area contributed by atoms with Crippen LogP contribution in [0.3, 0.4) is 0 Å². The van der Waals surface area contributed by atoms with Gasteiger partial charge in [0, 0.05) is 31.7 Å². The molecular formula is C15H21N3O2. The molecule has 5 nitrogen and oxygen atoms in total. The van der Waals surface area contributed by atoms with Gasteiger partial charge in [0.25, 0.3) is 0 Å². The summed E-state index contributed by atoms with van der Waals surface area (Å²) in [7, 11) is 0. The number of nitrogens with zero attached hydrogens (tertiary/aromatic N) is 1. The third kappa shape index (κ3) is 2.39. The van der Waals surface area contributed by atoms with Crippen molar-refractivity contribution < 1.29 is 9.53 Å². The Kier molecular flexibility index (Phi) is 3.89. The molecule has 1 fully saturated rings. The first-order valence-electron chi connectivity index (χ1n) is 7.24. The van der Waals surface area contributed by atoms with Crippen molar-refractivity contribution in [2.45, 2.75) is 18.4 Å². The normalized spacial score (nSPS) is 25.8. The van der Waals surface area contributed by atoms with E-state index in [9.17, 15) is 4.79 Å². The maximum Gasteiger partial charge on any atom is 0.230 e. The Bertz CT molecular complexity index is 492. The molecule has 2 heterocycles. The molecular weight excluding hydrogens is 254 g/mol. The number of hydrogen-bond donors (Lipinski definition) is 2. The lowest BCUT2D eigenvalue weighted by molar-refractivity contribution is -0.136. The molecule has 0 saturated carbocycles. The van der Waals surface area contributed by atoms with Crippen molar-refractivity contribution in [1.82, 2.24) is 10.2 Å². The highest BCUT2D eigenvalue weighted by Gasteiger charge is 2.34. The number of amides is 1. The molecule has 0 spiro atoms. The van der Waals surface area contributed by atoms with E-state index in [0.717, 1.165) is 37.4 Å². The average Bonchev–Trinajstić information content (AvgIpc) is 2.53. The molecule has 1 aromatic carbocycles. The third-order valence-corrected chi connectivity index (χ3v) is 4.16. The minimum Gasteiger partial charge on any atom is -0.493 e. The number of carbonyl (C=O) groups excluding carboxylic acids is 1. The number of rotatable bonds is 2. The van der Waals surface area contributed by atoms with Crippen LogP contribution in [0.1, 0.15) is 17.9 Å². The Balaban J connectivity index is 1.84. The molecule has 2 atom stereocenters. The number of para-hydroxylation sites is 1. The van der Waals surface area contributed by atoms with Crippen molar-refractivity contribution in [3.63, 3.8) is 0 Å². The summed E-state index contributed by atoms with van der Waals surface area (Å²) in [6, 6.07) is 7.95. The number of benzene rings is 1. The molecule has 3 N–H and O–H groups in total. The van der Waals surface area contributed by atoms with E-state index in [1.54, 1.807) is 0 Å². The van der Waals surface area contributed by atoms with E-state index in [-0.39, 0.29) is 17.9 Å². The van der Waals surface area contributed by atoms with Crippen LogP contribution in [0.15, 0.2) is 24.3 Å². The minimum absolute atomic E-state index is 0.0906. The van der Waals surface area contributed by atoms with Crippen molar-refractivity contribution in [1.29, 1.82) is 0 Å². The Labute approximate surface area is 119 Å². The summed E-state index contributed by atoms with van der Waals surface area (Å²) in [4.78, 5) is 14.8. The Morgan fingerprint density at radius 1 is 1.45 bits per heavy atom. The topological polar surface area (TPSA) is 67.6 Å². The largest absolute Gasteiger partial charge is 0.493 e. The van der Waals surface area contributed by atoms with E-state index < -0.39 is 0 Å². The molecule has 2 unspecified atom stereocenters. The summed E-state index contributed by atoms with van der Waals surface area (Å²) in [5.74, 6) is 0.946. The van der Waals surface area contributed by atoms with Crippen LogP contribution in [0.4, 0.5) is 0 Å². The molecule has 3 rings (SSSR count). The number of nitrogens with two attached hydrogens (primary N) is 1. The lowest BCUT2D eigenvalue weighted by Crippen LogP contribution is -2.57. The van der Waals surface area contributed by atoms with Gasteiger partial charge in [0.1, 0.15) is 5.75 Å². The molecule has 0 aromatic heterocycles. The lowest BCUT2D eigenvalue weighted by Gasteiger charge is -2.38. The van der Waals surface area contributed by atoms with E-state index in [4.69, 9.17) is 10.5 Å². The van der Waals surface area contributed by atoms with Crippen molar-refractivity contribution in [2.75, 3.05) is 32.8 Å². The number of carbonyl (C=O) groups is 1. The summed E-state index contributed by atoms with van der Waals surface area (Å²) >= 11 is 0. The predicted molar refractivity (Wildman–Crippen MR) is 76.7 cm³/mol. The first kappa shape index (κ1) is 13.4. The van der Waals surface area contributed by atoms with Crippen molar-refractivity contribution in [3.8, 4) is 5.75 Å². The van der Waals surface area contributed by atoms with E-state index in [1.807, 2.05) is 29.2 Å². The van der Waals surface area contributed by atoms with Gasteiger partial charge in [-0.05, 0) is 12.5 Å². The monoisotopic (exact) mass is 275 g/mol. The van der Waals surface area contributed by atoms with Gasteiger partial charge in [0.05, 0.1) is 18.6 Å². The van der Waals surface area contributed by atoms with Gasteiger partial charge in [-0.15, -0.1) is 0 Å². The highest BCUT2D eigenvalue weighted by molar-refractivity contribution is 5.85.